The highest BCUT2D eigenvalue weighted by molar-refractivity contribution is 6.30. The molecule has 5 atom stereocenters. The molecule has 2 aromatic heterocycles. The first kappa shape index (κ1) is 18.1. The SMILES string of the molecule is Nc1ncnc2c1ccn2[C@@H]1O[C@H]([C@H](O)c2ccc(Cl)c(F)c2)[C@@H](O)[C@H]1O. The molecule has 10 heteroatoms. The van der Waals surface area contributed by atoms with Crippen LogP contribution < -0.4 is 5.73 Å². The molecule has 142 valence electrons. The number of fused-ring (bicyclic) bond motifs is 1. The first-order valence-corrected chi connectivity index (χ1v) is 8.48. The van der Waals surface area contributed by atoms with Crippen molar-refractivity contribution in [1.29, 1.82) is 0 Å². The molecule has 4 rings (SSSR count). The van der Waals surface area contributed by atoms with Gasteiger partial charge in [-0.05, 0) is 23.8 Å². The smallest absolute Gasteiger partial charge is 0.164 e. The quantitative estimate of drug-likeness (QED) is 0.525. The lowest BCUT2D eigenvalue weighted by molar-refractivity contribution is -0.0848. The highest BCUT2D eigenvalue weighted by Crippen LogP contribution is 2.38. The van der Waals surface area contributed by atoms with E-state index >= 15 is 0 Å². The zero-order valence-electron chi connectivity index (χ0n) is 13.8. The van der Waals surface area contributed by atoms with Crippen molar-refractivity contribution in [1.82, 2.24) is 14.5 Å². The zero-order valence-corrected chi connectivity index (χ0v) is 14.5. The maximum Gasteiger partial charge on any atom is 0.164 e. The second-order valence-corrected chi connectivity index (χ2v) is 6.72. The number of hydrogen-bond acceptors (Lipinski definition) is 7. The van der Waals surface area contributed by atoms with Gasteiger partial charge in [-0.2, -0.15) is 0 Å². The number of benzene rings is 1. The standard InChI is InChI=1S/C17H16ClFN4O4/c18-9-2-1-7(5-10(9)19)11(24)14-12(25)13(26)17(27-14)23-4-3-8-15(20)21-6-22-16(8)23/h1-6,11-14,17,24-26H,(H2,20,21,22)/t11-,12+,13-,14-,17-/m1/s1. The van der Waals surface area contributed by atoms with E-state index in [4.69, 9.17) is 22.1 Å². The van der Waals surface area contributed by atoms with Gasteiger partial charge in [0.2, 0.25) is 0 Å². The number of nitrogens with two attached hydrogens (primary N) is 1. The fraction of sp³-hybridized carbons (Fsp3) is 0.294. The molecule has 3 heterocycles. The Balaban J connectivity index is 1.66. The van der Waals surface area contributed by atoms with Gasteiger partial charge in [0, 0.05) is 6.20 Å². The monoisotopic (exact) mass is 394 g/mol. The van der Waals surface area contributed by atoms with Crippen molar-refractivity contribution in [2.75, 3.05) is 5.73 Å². The first-order chi connectivity index (χ1) is 12.9. The molecule has 0 saturated carbocycles. The van der Waals surface area contributed by atoms with Crippen LogP contribution in [0.3, 0.4) is 0 Å². The first-order valence-electron chi connectivity index (χ1n) is 8.10. The summed E-state index contributed by atoms with van der Waals surface area (Å²) in [5, 5.41) is 31.8. The Bertz CT molecular complexity index is 1000. The Kier molecular flexibility index (Phi) is 4.49. The summed E-state index contributed by atoms with van der Waals surface area (Å²) in [5.41, 5.74) is 6.38. The summed E-state index contributed by atoms with van der Waals surface area (Å²) in [6, 6.07) is 5.43. The minimum atomic E-state index is -1.42. The summed E-state index contributed by atoms with van der Waals surface area (Å²) in [6.07, 6.45) is -3.50. The summed E-state index contributed by atoms with van der Waals surface area (Å²) in [4.78, 5) is 8.02. The van der Waals surface area contributed by atoms with Gasteiger partial charge in [0.1, 0.15) is 48.0 Å². The van der Waals surface area contributed by atoms with Crippen LogP contribution in [-0.4, -0.2) is 48.2 Å². The number of rotatable bonds is 3. The molecular formula is C17H16ClFN4O4. The van der Waals surface area contributed by atoms with Gasteiger partial charge < -0.3 is 30.4 Å². The van der Waals surface area contributed by atoms with Crippen LogP contribution in [0.1, 0.15) is 17.9 Å². The van der Waals surface area contributed by atoms with Crippen molar-refractivity contribution < 1.29 is 24.4 Å². The van der Waals surface area contributed by atoms with Crippen molar-refractivity contribution in [3.05, 3.63) is 53.2 Å². The summed E-state index contributed by atoms with van der Waals surface area (Å²) < 4.78 is 20.9. The van der Waals surface area contributed by atoms with Crippen LogP contribution in [0.15, 0.2) is 36.8 Å². The predicted molar refractivity (Wildman–Crippen MR) is 94.2 cm³/mol. The molecule has 27 heavy (non-hydrogen) atoms. The molecule has 0 radical (unpaired) electrons. The van der Waals surface area contributed by atoms with Gasteiger partial charge in [0.05, 0.1) is 10.4 Å². The van der Waals surface area contributed by atoms with E-state index in [2.05, 4.69) is 9.97 Å². The zero-order chi connectivity index (χ0) is 19.3. The molecule has 8 nitrogen and oxygen atoms in total. The van der Waals surface area contributed by atoms with E-state index in [0.717, 1.165) is 6.07 Å². The largest absolute Gasteiger partial charge is 0.387 e. The molecule has 0 unspecified atom stereocenters. The van der Waals surface area contributed by atoms with Crippen LogP contribution in [-0.2, 0) is 4.74 Å². The predicted octanol–water partition coefficient (Wildman–Crippen LogP) is 1.16. The molecule has 0 amide bonds. The highest BCUT2D eigenvalue weighted by Gasteiger charge is 2.47. The third kappa shape index (κ3) is 2.93. The maximum atomic E-state index is 13.7. The Labute approximate surface area is 157 Å². The van der Waals surface area contributed by atoms with Crippen molar-refractivity contribution in [2.24, 2.45) is 0 Å². The van der Waals surface area contributed by atoms with Crippen LogP contribution in [0, 0.1) is 5.82 Å². The molecule has 0 aliphatic carbocycles. The van der Waals surface area contributed by atoms with Gasteiger partial charge in [0.15, 0.2) is 6.23 Å². The molecule has 1 fully saturated rings. The van der Waals surface area contributed by atoms with E-state index in [1.807, 2.05) is 0 Å². The summed E-state index contributed by atoms with van der Waals surface area (Å²) in [6.45, 7) is 0. The van der Waals surface area contributed by atoms with Crippen molar-refractivity contribution in [3.8, 4) is 0 Å². The lowest BCUT2D eigenvalue weighted by Crippen LogP contribution is -2.34. The molecule has 0 spiro atoms. The number of nitrogen functional groups attached to an aromatic ring is 1. The van der Waals surface area contributed by atoms with Crippen LogP contribution in [0.5, 0.6) is 0 Å². The Morgan fingerprint density at radius 2 is 2.00 bits per heavy atom. The number of aromatic nitrogens is 3. The van der Waals surface area contributed by atoms with Crippen molar-refractivity contribution in [2.45, 2.75) is 30.6 Å². The molecule has 1 saturated heterocycles. The van der Waals surface area contributed by atoms with Crippen LogP contribution in [0.4, 0.5) is 10.2 Å². The summed E-state index contributed by atoms with van der Waals surface area (Å²) >= 11 is 5.65. The number of ether oxygens (including phenoxy) is 1. The van der Waals surface area contributed by atoms with E-state index in [1.165, 1.54) is 23.0 Å². The second kappa shape index (κ2) is 6.70. The third-order valence-electron chi connectivity index (χ3n) is 4.69. The van der Waals surface area contributed by atoms with Gasteiger partial charge in [-0.1, -0.05) is 17.7 Å². The van der Waals surface area contributed by atoms with E-state index in [9.17, 15) is 19.7 Å². The van der Waals surface area contributed by atoms with E-state index in [1.54, 1.807) is 12.3 Å². The molecule has 1 aliphatic rings. The van der Waals surface area contributed by atoms with Crippen LogP contribution >= 0.6 is 11.6 Å². The number of nitrogens with zero attached hydrogens (tertiary/aromatic N) is 3. The Hall–Kier alpha value is -2.30. The number of anilines is 1. The number of hydrogen-bond donors (Lipinski definition) is 4. The van der Waals surface area contributed by atoms with Gasteiger partial charge >= 0.3 is 0 Å². The average molecular weight is 395 g/mol. The average Bonchev–Trinajstić information content (AvgIpc) is 3.20. The van der Waals surface area contributed by atoms with Crippen molar-refractivity contribution >= 4 is 28.5 Å². The molecule has 5 N–H and O–H groups in total. The molecule has 3 aromatic rings. The number of aliphatic hydroxyl groups excluding tert-OH is 3. The Morgan fingerprint density at radius 1 is 1.22 bits per heavy atom. The second-order valence-electron chi connectivity index (χ2n) is 6.31. The minimum Gasteiger partial charge on any atom is -0.387 e. The lowest BCUT2D eigenvalue weighted by Gasteiger charge is -2.21. The molecule has 0 bridgehead atoms. The van der Waals surface area contributed by atoms with Crippen LogP contribution in [0.2, 0.25) is 5.02 Å². The lowest BCUT2D eigenvalue weighted by atomic mass is 9.99. The van der Waals surface area contributed by atoms with E-state index in [0.29, 0.717) is 11.0 Å². The topological polar surface area (TPSA) is 127 Å². The fourth-order valence-corrected chi connectivity index (χ4v) is 3.38. The Morgan fingerprint density at radius 3 is 2.74 bits per heavy atom. The van der Waals surface area contributed by atoms with E-state index in [-0.39, 0.29) is 16.4 Å². The van der Waals surface area contributed by atoms with Crippen LogP contribution in [0.25, 0.3) is 11.0 Å². The van der Waals surface area contributed by atoms with E-state index < -0.39 is 36.5 Å². The molecule has 1 aromatic carbocycles. The van der Waals surface area contributed by atoms with Crippen molar-refractivity contribution in [3.63, 3.8) is 0 Å². The number of aliphatic hydroxyl groups is 3. The normalized spacial score (nSPS) is 26.6. The van der Waals surface area contributed by atoms with Gasteiger partial charge in [-0.25, -0.2) is 14.4 Å². The summed E-state index contributed by atoms with van der Waals surface area (Å²) in [5.74, 6) is -0.443. The fourth-order valence-electron chi connectivity index (χ4n) is 3.26. The number of halogens is 2. The third-order valence-corrected chi connectivity index (χ3v) is 4.99. The highest BCUT2D eigenvalue weighted by atomic mass is 35.5. The molecular weight excluding hydrogens is 379 g/mol. The summed E-state index contributed by atoms with van der Waals surface area (Å²) in [7, 11) is 0. The van der Waals surface area contributed by atoms with Gasteiger partial charge in [-0.15, -0.1) is 0 Å². The van der Waals surface area contributed by atoms with Gasteiger partial charge in [-0.3, -0.25) is 0 Å². The molecule has 1 aliphatic heterocycles. The van der Waals surface area contributed by atoms with Gasteiger partial charge in [0.25, 0.3) is 0 Å². The minimum absolute atomic E-state index is 0.0900. The maximum absolute atomic E-state index is 13.7.